The van der Waals surface area contributed by atoms with Crippen LogP contribution in [0.5, 0.6) is 0 Å². The summed E-state index contributed by atoms with van der Waals surface area (Å²) in [7, 11) is 1.73. The summed E-state index contributed by atoms with van der Waals surface area (Å²) in [6.07, 6.45) is 0.930. The quantitative estimate of drug-likeness (QED) is 0.822. The Morgan fingerprint density at radius 3 is 2.39 bits per heavy atom. The number of rotatable bonds is 5. The van der Waals surface area contributed by atoms with Crippen LogP contribution in [0.1, 0.15) is 6.42 Å². The molecule has 0 saturated carbocycles. The van der Waals surface area contributed by atoms with Gasteiger partial charge in [-0.1, -0.05) is 11.6 Å². The summed E-state index contributed by atoms with van der Waals surface area (Å²) in [5, 5.41) is 0.700. The molecule has 1 amide bonds. The van der Waals surface area contributed by atoms with Gasteiger partial charge in [0, 0.05) is 57.1 Å². The number of carbonyl (C=O) groups is 1. The molecular weight excluding hydrogens is 314 g/mol. The van der Waals surface area contributed by atoms with Crippen LogP contribution in [0, 0.1) is 5.92 Å². The van der Waals surface area contributed by atoms with Crippen LogP contribution in [0.4, 0.5) is 5.69 Å². The SMILES string of the molecule is COCN1CCN(C[C@H]2CCN(c3ccc(Cl)cc3)C2=O)CC1. The molecule has 2 aliphatic heterocycles. The highest BCUT2D eigenvalue weighted by Gasteiger charge is 2.34. The van der Waals surface area contributed by atoms with Gasteiger partial charge in [-0.3, -0.25) is 14.6 Å². The standard InChI is InChI=1S/C17H24ClN3O2/c1-23-13-20-10-8-19(9-11-20)12-14-6-7-21(17(14)22)16-4-2-15(18)3-5-16/h2-5,14H,6-13H2,1H3/t14-/m1/s1. The first-order valence-corrected chi connectivity index (χ1v) is 8.56. The predicted octanol–water partition coefficient (Wildman–Crippen LogP) is 1.91. The molecule has 5 nitrogen and oxygen atoms in total. The number of piperazine rings is 1. The van der Waals surface area contributed by atoms with Gasteiger partial charge in [0.2, 0.25) is 5.91 Å². The number of nitrogens with zero attached hydrogens (tertiary/aromatic N) is 3. The molecule has 0 aromatic heterocycles. The zero-order chi connectivity index (χ0) is 16.2. The van der Waals surface area contributed by atoms with E-state index < -0.39 is 0 Å². The van der Waals surface area contributed by atoms with E-state index in [1.807, 2.05) is 29.2 Å². The highest BCUT2D eigenvalue weighted by molar-refractivity contribution is 6.30. The molecule has 1 aromatic rings. The van der Waals surface area contributed by atoms with Crippen LogP contribution in [0.2, 0.25) is 5.02 Å². The fourth-order valence-electron chi connectivity index (χ4n) is 3.38. The molecule has 0 bridgehead atoms. The minimum absolute atomic E-state index is 0.111. The number of halogens is 1. The van der Waals surface area contributed by atoms with Crippen molar-refractivity contribution in [3.63, 3.8) is 0 Å². The van der Waals surface area contributed by atoms with Crippen molar-refractivity contribution >= 4 is 23.2 Å². The fraction of sp³-hybridized carbons (Fsp3) is 0.588. The lowest BCUT2D eigenvalue weighted by Crippen LogP contribution is -2.48. The molecule has 0 unspecified atom stereocenters. The third-order valence-electron chi connectivity index (χ3n) is 4.71. The molecule has 2 heterocycles. The Labute approximate surface area is 142 Å². The summed E-state index contributed by atoms with van der Waals surface area (Å²) in [6.45, 7) is 6.40. The summed E-state index contributed by atoms with van der Waals surface area (Å²) < 4.78 is 5.18. The first-order valence-electron chi connectivity index (χ1n) is 8.18. The first-order chi connectivity index (χ1) is 11.2. The summed E-state index contributed by atoms with van der Waals surface area (Å²) in [6, 6.07) is 7.53. The number of methoxy groups -OCH3 is 1. The molecule has 23 heavy (non-hydrogen) atoms. The molecule has 0 spiro atoms. The third-order valence-corrected chi connectivity index (χ3v) is 4.96. The van der Waals surface area contributed by atoms with Crippen LogP contribution in [-0.2, 0) is 9.53 Å². The molecular formula is C17H24ClN3O2. The van der Waals surface area contributed by atoms with Crippen molar-refractivity contribution in [2.45, 2.75) is 6.42 Å². The predicted molar refractivity (Wildman–Crippen MR) is 91.8 cm³/mol. The summed E-state index contributed by atoms with van der Waals surface area (Å²) >= 11 is 5.92. The lowest BCUT2D eigenvalue weighted by molar-refractivity contribution is -0.121. The monoisotopic (exact) mass is 337 g/mol. The highest BCUT2D eigenvalue weighted by Crippen LogP contribution is 2.27. The van der Waals surface area contributed by atoms with E-state index in [0.29, 0.717) is 11.8 Å². The maximum Gasteiger partial charge on any atom is 0.231 e. The molecule has 2 aliphatic rings. The van der Waals surface area contributed by atoms with Crippen molar-refractivity contribution in [3.8, 4) is 0 Å². The minimum Gasteiger partial charge on any atom is -0.369 e. The van der Waals surface area contributed by atoms with E-state index in [2.05, 4.69) is 9.80 Å². The maximum absolute atomic E-state index is 12.7. The average molecular weight is 338 g/mol. The summed E-state index contributed by atoms with van der Waals surface area (Å²) in [5.74, 6) is 0.353. The van der Waals surface area contributed by atoms with Gasteiger partial charge in [-0.2, -0.15) is 0 Å². The van der Waals surface area contributed by atoms with Crippen molar-refractivity contribution in [2.24, 2.45) is 5.92 Å². The number of carbonyl (C=O) groups excluding carboxylic acids is 1. The van der Waals surface area contributed by atoms with Crippen molar-refractivity contribution in [3.05, 3.63) is 29.3 Å². The van der Waals surface area contributed by atoms with Crippen LogP contribution >= 0.6 is 11.6 Å². The van der Waals surface area contributed by atoms with Crippen LogP contribution in [0.25, 0.3) is 0 Å². The van der Waals surface area contributed by atoms with Crippen molar-refractivity contribution in [1.29, 1.82) is 0 Å². The van der Waals surface area contributed by atoms with E-state index in [-0.39, 0.29) is 11.8 Å². The molecule has 2 saturated heterocycles. The van der Waals surface area contributed by atoms with Gasteiger partial charge >= 0.3 is 0 Å². The number of hydrogen-bond acceptors (Lipinski definition) is 4. The molecule has 1 atom stereocenters. The number of hydrogen-bond donors (Lipinski definition) is 0. The average Bonchev–Trinajstić information content (AvgIpc) is 2.91. The van der Waals surface area contributed by atoms with Gasteiger partial charge in [0.05, 0.1) is 12.6 Å². The lowest BCUT2D eigenvalue weighted by Gasteiger charge is -2.35. The van der Waals surface area contributed by atoms with E-state index in [1.165, 1.54) is 0 Å². The Hall–Kier alpha value is -1.14. The second kappa shape index (κ2) is 7.62. The van der Waals surface area contributed by atoms with Crippen LogP contribution in [0.3, 0.4) is 0 Å². The van der Waals surface area contributed by atoms with E-state index in [4.69, 9.17) is 16.3 Å². The summed E-state index contributed by atoms with van der Waals surface area (Å²) in [4.78, 5) is 19.3. The van der Waals surface area contributed by atoms with Gasteiger partial charge < -0.3 is 9.64 Å². The largest absolute Gasteiger partial charge is 0.369 e. The van der Waals surface area contributed by atoms with E-state index >= 15 is 0 Å². The zero-order valence-electron chi connectivity index (χ0n) is 13.6. The number of benzene rings is 1. The second-order valence-electron chi connectivity index (χ2n) is 6.29. The molecule has 2 fully saturated rings. The van der Waals surface area contributed by atoms with E-state index in [1.54, 1.807) is 7.11 Å². The Bertz CT molecular complexity index is 529. The van der Waals surface area contributed by atoms with E-state index in [0.717, 1.165) is 51.4 Å². The van der Waals surface area contributed by atoms with Gasteiger partial charge in [0.1, 0.15) is 0 Å². The molecule has 3 rings (SSSR count). The van der Waals surface area contributed by atoms with Crippen LogP contribution < -0.4 is 4.90 Å². The molecule has 0 aliphatic carbocycles. The Kier molecular flexibility index (Phi) is 5.54. The second-order valence-corrected chi connectivity index (χ2v) is 6.72. The van der Waals surface area contributed by atoms with Gasteiger partial charge in [-0.15, -0.1) is 0 Å². The van der Waals surface area contributed by atoms with Crippen molar-refractivity contribution < 1.29 is 9.53 Å². The van der Waals surface area contributed by atoms with Gasteiger partial charge in [-0.25, -0.2) is 0 Å². The zero-order valence-corrected chi connectivity index (χ0v) is 14.3. The highest BCUT2D eigenvalue weighted by atomic mass is 35.5. The maximum atomic E-state index is 12.7. The Morgan fingerprint density at radius 2 is 1.74 bits per heavy atom. The van der Waals surface area contributed by atoms with Crippen molar-refractivity contribution in [1.82, 2.24) is 9.80 Å². The van der Waals surface area contributed by atoms with Gasteiger partial charge in [-0.05, 0) is 30.7 Å². The first kappa shape index (κ1) is 16.7. The smallest absolute Gasteiger partial charge is 0.231 e. The number of ether oxygens (including phenoxy) is 1. The topological polar surface area (TPSA) is 36.0 Å². The normalized spacial score (nSPS) is 23.7. The number of amides is 1. The molecule has 0 N–H and O–H groups in total. The van der Waals surface area contributed by atoms with Crippen molar-refractivity contribution in [2.75, 3.05) is 58.0 Å². The molecule has 1 aromatic carbocycles. The Balaban J connectivity index is 1.52. The van der Waals surface area contributed by atoms with Gasteiger partial charge in [0.25, 0.3) is 0 Å². The summed E-state index contributed by atoms with van der Waals surface area (Å²) in [5.41, 5.74) is 0.951. The fourth-order valence-corrected chi connectivity index (χ4v) is 3.51. The van der Waals surface area contributed by atoms with Crippen LogP contribution in [0.15, 0.2) is 24.3 Å². The molecule has 6 heteroatoms. The molecule has 0 radical (unpaired) electrons. The van der Waals surface area contributed by atoms with E-state index in [9.17, 15) is 4.79 Å². The Morgan fingerprint density at radius 1 is 1.09 bits per heavy atom. The minimum atomic E-state index is 0.111. The van der Waals surface area contributed by atoms with Crippen LogP contribution in [-0.4, -0.2) is 68.8 Å². The molecule has 126 valence electrons. The van der Waals surface area contributed by atoms with Gasteiger partial charge in [0.15, 0.2) is 0 Å². The lowest BCUT2D eigenvalue weighted by atomic mass is 10.1. The third kappa shape index (κ3) is 4.04. The number of anilines is 1.